The second kappa shape index (κ2) is 5.48. The van der Waals surface area contributed by atoms with E-state index in [-0.39, 0.29) is 11.1 Å². The average molecular weight is 292 g/mol. The van der Waals surface area contributed by atoms with Crippen molar-refractivity contribution in [2.45, 2.75) is 13.8 Å². The van der Waals surface area contributed by atoms with Crippen LogP contribution in [0.15, 0.2) is 53.3 Å². The third kappa shape index (κ3) is 2.29. The van der Waals surface area contributed by atoms with E-state index in [0.717, 1.165) is 22.4 Å². The van der Waals surface area contributed by atoms with E-state index in [1.807, 2.05) is 62.4 Å². The number of rotatable bonds is 3. The van der Waals surface area contributed by atoms with E-state index in [2.05, 4.69) is 5.10 Å². The summed E-state index contributed by atoms with van der Waals surface area (Å²) in [5.41, 5.74) is 4.01. The van der Waals surface area contributed by atoms with E-state index >= 15 is 0 Å². The molecule has 0 aliphatic carbocycles. The molecule has 0 spiro atoms. The van der Waals surface area contributed by atoms with Crippen molar-refractivity contribution in [2.75, 3.05) is 0 Å². The highest BCUT2D eigenvalue weighted by Gasteiger charge is 2.16. The first-order chi connectivity index (χ1) is 10.6. The molecule has 0 saturated heterocycles. The van der Waals surface area contributed by atoms with Crippen LogP contribution < -0.4 is 5.56 Å². The molecule has 0 atom stereocenters. The zero-order valence-electron chi connectivity index (χ0n) is 12.5. The summed E-state index contributed by atoms with van der Waals surface area (Å²) in [5.74, 6) is 0. The standard InChI is InChI=1S/C18H16N2O2/c1-12-8-9-16(13(2)10-12)20-18(22)15(11-21)17(19-20)14-6-4-3-5-7-14/h3-11,19H,1-2H3. The topological polar surface area (TPSA) is 54.9 Å². The predicted octanol–water partition coefficient (Wildman–Crippen LogP) is 3.26. The van der Waals surface area contributed by atoms with Gasteiger partial charge in [0.15, 0.2) is 6.29 Å². The van der Waals surface area contributed by atoms with E-state index < -0.39 is 0 Å². The van der Waals surface area contributed by atoms with Crippen LogP contribution in [0.25, 0.3) is 16.9 Å². The normalized spacial score (nSPS) is 10.6. The molecule has 3 rings (SSSR count). The lowest BCUT2D eigenvalue weighted by atomic mass is 10.1. The van der Waals surface area contributed by atoms with Gasteiger partial charge in [0, 0.05) is 5.56 Å². The number of nitrogens with one attached hydrogen (secondary N) is 1. The number of aromatic nitrogens is 2. The van der Waals surface area contributed by atoms with Gasteiger partial charge < -0.3 is 0 Å². The third-order valence-corrected chi connectivity index (χ3v) is 3.70. The minimum absolute atomic E-state index is 0.145. The Morgan fingerprint density at radius 3 is 2.41 bits per heavy atom. The first-order valence-corrected chi connectivity index (χ1v) is 7.05. The van der Waals surface area contributed by atoms with Crippen molar-refractivity contribution in [3.05, 3.63) is 75.6 Å². The number of carbonyl (C=O) groups is 1. The van der Waals surface area contributed by atoms with Crippen molar-refractivity contribution in [1.82, 2.24) is 9.78 Å². The predicted molar refractivity (Wildman–Crippen MR) is 86.7 cm³/mol. The first kappa shape index (κ1) is 14.1. The molecule has 4 nitrogen and oxygen atoms in total. The van der Waals surface area contributed by atoms with E-state index in [0.29, 0.717) is 12.0 Å². The van der Waals surface area contributed by atoms with Gasteiger partial charge in [0.1, 0.15) is 5.56 Å². The average Bonchev–Trinajstić information content (AvgIpc) is 2.85. The number of hydrogen-bond acceptors (Lipinski definition) is 2. The van der Waals surface area contributed by atoms with Gasteiger partial charge in [-0.1, -0.05) is 48.0 Å². The van der Waals surface area contributed by atoms with Gasteiger partial charge in [-0.15, -0.1) is 0 Å². The molecule has 110 valence electrons. The highest BCUT2D eigenvalue weighted by atomic mass is 16.1. The number of hydrogen-bond donors (Lipinski definition) is 1. The molecule has 4 heteroatoms. The highest BCUT2D eigenvalue weighted by molar-refractivity contribution is 5.85. The highest BCUT2D eigenvalue weighted by Crippen LogP contribution is 2.21. The first-order valence-electron chi connectivity index (χ1n) is 7.05. The number of benzene rings is 2. The summed E-state index contributed by atoms with van der Waals surface area (Å²) < 4.78 is 1.43. The lowest BCUT2D eigenvalue weighted by Gasteiger charge is -2.07. The number of carbonyl (C=O) groups excluding carboxylic acids is 1. The molecule has 1 heterocycles. The Kier molecular flexibility index (Phi) is 3.51. The van der Waals surface area contributed by atoms with Crippen molar-refractivity contribution < 1.29 is 4.79 Å². The molecule has 0 unspecified atom stereocenters. The second-order valence-electron chi connectivity index (χ2n) is 5.31. The molecular weight excluding hydrogens is 276 g/mol. The fourth-order valence-electron chi connectivity index (χ4n) is 2.61. The molecule has 3 aromatic rings. The van der Waals surface area contributed by atoms with Crippen molar-refractivity contribution in [3.8, 4) is 16.9 Å². The number of nitrogens with zero attached hydrogens (tertiary/aromatic N) is 1. The van der Waals surface area contributed by atoms with Crippen LogP contribution in [0.5, 0.6) is 0 Å². The lowest BCUT2D eigenvalue weighted by molar-refractivity contribution is 0.112. The van der Waals surface area contributed by atoms with Crippen molar-refractivity contribution in [3.63, 3.8) is 0 Å². The Labute approximate surface area is 128 Å². The molecule has 1 N–H and O–H groups in total. The quantitative estimate of drug-likeness (QED) is 0.753. The molecule has 1 aromatic heterocycles. The molecule has 0 amide bonds. The number of H-pyrrole nitrogens is 1. The second-order valence-corrected chi connectivity index (χ2v) is 5.31. The van der Waals surface area contributed by atoms with Crippen LogP contribution in [0.2, 0.25) is 0 Å². The minimum Gasteiger partial charge on any atom is -0.298 e. The van der Waals surface area contributed by atoms with Gasteiger partial charge >= 0.3 is 0 Å². The van der Waals surface area contributed by atoms with Crippen molar-refractivity contribution >= 4 is 6.29 Å². The minimum atomic E-state index is -0.333. The number of aromatic amines is 1. The Bertz CT molecular complexity index is 889. The van der Waals surface area contributed by atoms with Crippen LogP contribution in [-0.4, -0.2) is 16.1 Å². The van der Waals surface area contributed by atoms with Gasteiger partial charge in [-0.2, -0.15) is 0 Å². The zero-order chi connectivity index (χ0) is 15.7. The summed E-state index contributed by atoms with van der Waals surface area (Å²) in [7, 11) is 0. The van der Waals surface area contributed by atoms with E-state index in [9.17, 15) is 9.59 Å². The maximum absolute atomic E-state index is 12.5. The van der Waals surface area contributed by atoms with Gasteiger partial charge in [0.05, 0.1) is 11.4 Å². The number of aldehydes is 1. The fraction of sp³-hybridized carbons (Fsp3) is 0.111. The third-order valence-electron chi connectivity index (χ3n) is 3.70. The maximum atomic E-state index is 12.5. The van der Waals surface area contributed by atoms with E-state index in [4.69, 9.17) is 0 Å². The Hall–Kier alpha value is -2.88. The molecule has 22 heavy (non-hydrogen) atoms. The smallest absolute Gasteiger partial charge is 0.282 e. The SMILES string of the molecule is Cc1ccc(-n2[nH]c(-c3ccccc3)c(C=O)c2=O)c(C)c1. The zero-order valence-corrected chi connectivity index (χ0v) is 12.5. The van der Waals surface area contributed by atoms with Crippen LogP contribution in [-0.2, 0) is 0 Å². The Morgan fingerprint density at radius 1 is 1.05 bits per heavy atom. The van der Waals surface area contributed by atoms with Crippen LogP contribution in [0.4, 0.5) is 0 Å². The van der Waals surface area contributed by atoms with Crippen LogP contribution in [0, 0.1) is 13.8 Å². The van der Waals surface area contributed by atoms with Gasteiger partial charge in [0.25, 0.3) is 5.56 Å². The fourth-order valence-corrected chi connectivity index (χ4v) is 2.61. The largest absolute Gasteiger partial charge is 0.298 e. The Balaban J connectivity index is 2.25. The van der Waals surface area contributed by atoms with Crippen molar-refractivity contribution in [1.29, 1.82) is 0 Å². The van der Waals surface area contributed by atoms with E-state index in [1.165, 1.54) is 4.68 Å². The van der Waals surface area contributed by atoms with E-state index in [1.54, 1.807) is 0 Å². The van der Waals surface area contributed by atoms with Crippen LogP contribution in [0.1, 0.15) is 21.5 Å². The molecule has 0 bridgehead atoms. The summed E-state index contributed by atoms with van der Waals surface area (Å²) in [6, 6.07) is 15.2. The molecule has 0 aliphatic rings. The van der Waals surface area contributed by atoms with Crippen LogP contribution >= 0.6 is 0 Å². The van der Waals surface area contributed by atoms with Crippen molar-refractivity contribution in [2.24, 2.45) is 0 Å². The summed E-state index contributed by atoms with van der Waals surface area (Å²) in [6.07, 6.45) is 0.612. The molecule has 2 aromatic carbocycles. The van der Waals surface area contributed by atoms with Gasteiger partial charge in [-0.25, -0.2) is 4.68 Å². The van der Waals surface area contributed by atoms with Crippen LogP contribution in [0.3, 0.4) is 0 Å². The molecule has 0 radical (unpaired) electrons. The molecular formula is C18H16N2O2. The Morgan fingerprint density at radius 2 is 1.77 bits per heavy atom. The van der Waals surface area contributed by atoms with Gasteiger partial charge in [-0.05, 0) is 25.5 Å². The molecule has 0 saturated carbocycles. The lowest BCUT2D eigenvalue weighted by Crippen LogP contribution is -2.18. The van der Waals surface area contributed by atoms with Gasteiger partial charge in [-0.3, -0.25) is 14.7 Å². The van der Waals surface area contributed by atoms with Gasteiger partial charge in [0.2, 0.25) is 0 Å². The summed E-state index contributed by atoms with van der Waals surface area (Å²) in [5, 5.41) is 3.07. The summed E-state index contributed by atoms with van der Waals surface area (Å²) >= 11 is 0. The summed E-state index contributed by atoms with van der Waals surface area (Å²) in [6.45, 7) is 3.94. The molecule has 0 fully saturated rings. The monoisotopic (exact) mass is 292 g/mol. The number of aryl methyl sites for hydroxylation is 2. The maximum Gasteiger partial charge on any atom is 0.282 e. The summed E-state index contributed by atoms with van der Waals surface area (Å²) in [4.78, 5) is 23.9. The molecule has 0 aliphatic heterocycles.